The zero-order valence-corrected chi connectivity index (χ0v) is 48.4. The van der Waals surface area contributed by atoms with Crippen molar-refractivity contribution in [1.82, 2.24) is 0 Å². The number of nitrogens with zero attached hydrogens (tertiary/aromatic N) is 3. The molecule has 19 rings (SSSR count). The second-order valence-corrected chi connectivity index (χ2v) is 27.8. The summed E-state index contributed by atoms with van der Waals surface area (Å²) in [5.74, 6) is 1.63. The van der Waals surface area contributed by atoms with Crippen molar-refractivity contribution < 1.29 is 0 Å². The first-order chi connectivity index (χ1) is 41.3. The largest absolute Gasteiger partial charge is 0.365 e. The monoisotopic (exact) mass is 1100 g/mol. The fourth-order valence-electron chi connectivity index (χ4n) is 16.7. The van der Waals surface area contributed by atoms with Crippen molar-refractivity contribution in [3.8, 4) is 33.4 Å². The van der Waals surface area contributed by atoms with E-state index in [1.165, 1.54) is 157 Å². The molecule has 4 nitrogen and oxygen atoms in total. The van der Waals surface area contributed by atoms with Crippen LogP contribution in [0.25, 0.3) is 33.4 Å². The summed E-state index contributed by atoms with van der Waals surface area (Å²) in [6.07, 6.45) is 4.09. The van der Waals surface area contributed by atoms with E-state index >= 15 is 0 Å². The first-order valence-electron chi connectivity index (χ1n) is 30.4. The first-order valence-corrected chi connectivity index (χ1v) is 31.8. The van der Waals surface area contributed by atoms with Gasteiger partial charge in [0.05, 0.1) is 5.69 Å². The van der Waals surface area contributed by atoms with Gasteiger partial charge in [0.2, 0.25) is 6.71 Å². The maximum Gasteiger partial charge on any atom is 0.252 e. The van der Waals surface area contributed by atoms with E-state index in [9.17, 15) is 0 Å². The highest BCUT2D eigenvalue weighted by Gasteiger charge is 2.59. The molecule has 4 bridgehead atoms. The van der Waals surface area contributed by atoms with Crippen LogP contribution in [0.1, 0.15) is 45.6 Å². The Bertz CT molecular complexity index is 4420. The van der Waals surface area contributed by atoms with E-state index in [0.717, 1.165) is 11.8 Å². The Morgan fingerprint density at radius 3 is 1.55 bits per heavy atom. The van der Waals surface area contributed by atoms with Crippen molar-refractivity contribution in [3.63, 3.8) is 0 Å². The number of anilines is 9. The molecule has 0 spiro atoms. The zero-order valence-electron chi connectivity index (χ0n) is 47.5. The van der Waals surface area contributed by atoms with Gasteiger partial charge in [-0.1, -0.05) is 196 Å². The van der Waals surface area contributed by atoms with Crippen molar-refractivity contribution in [3.05, 3.63) is 254 Å². The van der Waals surface area contributed by atoms with Crippen molar-refractivity contribution >= 4 is 108 Å². The molecule has 84 heavy (non-hydrogen) atoms. The minimum Gasteiger partial charge on any atom is -0.365 e. The topological polar surface area (TPSA) is 21.8 Å². The third kappa shape index (κ3) is 7.12. The summed E-state index contributed by atoms with van der Waals surface area (Å²) in [5.41, 5.74) is 27.8. The highest BCUT2D eigenvalue weighted by atomic mass is 32.2. The molecule has 4 fully saturated rings. The third-order valence-corrected chi connectivity index (χ3v) is 22.7. The van der Waals surface area contributed by atoms with Crippen LogP contribution < -0.4 is 52.8 Å². The number of hydrogen-bond donors (Lipinski definition) is 2. The molecule has 2 saturated heterocycles. The number of benzene rings is 11. The number of fused-ring (bicyclic) bond motifs is 8. The normalized spacial score (nSPS) is 20.0. The molecule has 5 unspecified atom stereocenters. The maximum atomic E-state index is 4.32. The van der Waals surface area contributed by atoms with Crippen LogP contribution in [0.3, 0.4) is 0 Å². The van der Waals surface area contributed by atoms with E-state index in [-0.39, 0.29) is 18.8 Å². The van der Waals surface area contributed by atoms with Crippen LogP contribution >= 0.6 is 10.9 Å². The minimum absolute atomic E-state index is 0.0242. The second-order valence-electron chi connectivity index (χ2n) is 25.7. The van der Waals surface area contributed by atoms with Gasteiger partial charge in [0.15, 0.2) is 0 Å². The van der Waals surface area contributed by atoms with Crippen LogP contribution in [-0.2, 0) is 5.41 Å². The first kappa shape index (κ1) is 48.6. The number of rotatable bonds is 7. The highest BCUT2D eigenvalue weighted by Crippen LogP contribution is 2.61. The van der Waals surface area contributed by atoms with Crippen LogP contribution in [0.2, 0.25) is 0 Å². The molecule has 8 aliphatic rings. The minimum atomic E-state index is -1.01. The molecule has 2 saturated carbocycles. The van der Waals surface area contributed by atoms with Crippen LogP contribution in [-0.4, -0.2) is 25.5 Å². The molecule has 1 N–H and O–H groups in total. The van der Waals surface area contributed by atoms with Gasteiger partial charge in [-0.3, -0.25) is 0 Å². The molecular weight excluding hydrogens is 1030 g/mol. The van der Waals surface area contributed by atoms with Gasteiger partial charge in [-0.15, -0.1) is 0 Å². The predicted molar refractivity (Wildman–Crippen MR) is 357 cm³/mol. The lowest BCUT2D eigenvalue weighted by Crippen LogP contribution is -2.64. The standard InChI is InChI=1S/C77H62B2N4S/c1-77(2,3)54-42-65-74-70(43-54)83(76-58(49-25-11-5-12-26-49)38-51(48-23-9-4-10-24-48)39-59(76)50-27-13-6-14-28-50)67-36-22-20-34-61(67)78(74)62-46-63-72(47-64(62)80-65)84(57-31-17-8-18-32-57)73-45-56(82-68-40-52-37-53(68)41-69(52)82)44-71-75(73)79(63)60-33-19-21-35-66(60)81(71)55-29-15-7-16-30-55/h4-36,38-39,42-47,52-53,68-69,80,84H,37,40-41H2,1-3H3. The van der Waals surface area contributed by atoms with Crippen LogP contribution in [0.15, 0.2) is 263 Å². The zero-order chi connectivity index (χ0) is 55.5. The summed E-state index contributed by atoms with van der Waals surface area (Å²) in [6.45, 7) is 7.09. The lowest BCUT2D eigenvalue weighted by molar-refractivity contribution is 0.539. The Balaban J connectivity index is 0.903. The Kier molecular flexibility index (Phi) is 10.6. The van der Waals surface area contributed by atoms with Crippen molar-refractivity contribution in [2.24, 2.45) is 11.8 Å². The SMILES string of the molecule is CC(C)(C)c1cc2c3c(c1)N(c1c(-c4ccccc4)cc(-c4ccccc4)cc1-c1ccccc1)c1ccccc1B3c1cc3c(cc1N2)[SH](c1ccccc1)c1cc(N2C4CC5CC4CC52)cc2c1B3c1ccccc1N2c1ccccc1. The van der Waals surface area contributed by atoms with Gasteiger partial charge in [-0.2, -0.15) is 10.9 Å². The van der Waals surface area contributed by atoms with Crippen LogP contribution in [0.4, 0.5) is 51.2 Å². The van der Waals surface area contributed by atoms with Gasteiger partial charge in [-0.05, 0) is 185 Å². The highest BCUT2D eigenvalue weighted by molar-refractivity contribution is 8.17. The van der Waals surface area contributed by atoms with E-state index in [1.807, 2.05) is 0 Å². The molecule has 11 aromatic rings. The van der Waals surface area contributed by atoms with Gasteiger partial charge in [-0.25, -0.2) is 0 Å². The van der Waals surface area contributed by atoms with E-state index in [2.05, 4.69) is 290 Å². The molecule has 6 aliphatic heterocycles. The number of para-hydroxylation sites is 3. The molecule has 7 heteroatoms. The molecule has 402 valence electrons. The summed E-state index contributed by atoms with van der Waals surface area (Å²) in [6, 6.07) is 96.5. The fourth-order valence-corrected chi connectivity index (χ4v) is 19.4. The van der Waals surface area contributed by atoms with Gasteiger partial charge in [0.1, 0.15) is 0 Å². The molecular formula is C77H62B2N4S. The summed E-state index contributed by atoms with van der Waals surface area (Å²) in [5, 5.41) is 4.32. The van der Waals surface area contributed by atoms with Crippen LogP contribution in [0.5, 0.6) is 0 Å². The van der Waals surface area contributed by atoms with Crippen LogP contribution in [0, 0.1) is 11.8 Å². The van der Waals surface area contributed by atoms with E-state index in [4.69, 9.17) is 0 Å². The summed E-state index contributed by atoms with van der Waals surface area (Å²) < 4.78 is 0. The smallest absolute Gasteiger partial charge is 0.252 e. The van der Waals surface area contributed by atoms with Crippen molar-refractivity contribution in [1.29, 1.82) is 0 Å². The van der Waals surface area contributed by atoms with Gasteiger partial charge < -0.3 is 20.0 Å². The average molecular weight is 1100 g/mol. The summed E-state index contributed by atoms with van der Waals surface area (Å²) in [4.78, 5) is 12.6. The van der Waals surface area contributed by atoms with Gasteiger partial charge in [0.25, 0.3) is 6.71 Å². The molecule has 0 amide bonds. The Labute approximate surface area is 497 Å². The van der Waals surface area contributed by atoms with E-state index in [0.29, 0.717) is 12.1 Å². The average Bonchev–Trinajstić information content (AvgIpc) is 0.988. The number of thiol groups is 1. The molecule has 6 heterocycles. The fraction of sp³-hybridized carbons (Fsp3) is 0.143. The second kappa shape index (κ2) is 18.3. The molecule has 0 aromatic heterocycles. The summed E-state index contributed by atoms with van der Waals surface area (Å²) >= 11 is 0. The van der Waals surface area contributed by atoms with Gasteiger partial charge in [0, 0.05) is 68.7 Å². The number of nitrogens with one attached hydrogen (secondary N) is 1. The van der Waals surface area contributed by atoms with E-state index < -0.39 is 10.9 Å². The summed E-state index contributed by atoms with van der Waals surface area (Å²) in [7, 11) is -1.01. The maximum absolute atomic E-state index is 4.32. The van der Waals surface area contributed by atoms with Crippen molar-refractivity contribution in [2.75, 3.05) is 20.0 Å². The van der Waals surface area contributed by atoms with Crippen molar-refractivity contribution in [2.45, 2.75) is 72.2 Å². The Hall–Kier alpha value is -8.90. The molecule has 0 radical (unpaired) electrons. The van der Waals surface area contributed by atoms with Gasteiger partial charge >= 0.3 is 0 Å². The Morgan fingerprint density at radius 2 is 0.940 bits per heavy atom. The van der Waals surface area contributed by atoms with E-state index in [1.54, 1.807) is 0 Å². The predicted octanol–water partition coefficient (Wildman–Crippen LogP) is 15.4. The quantitative estimate of drug-likeness (QED) is 0.123. The Morgan fingerprint density at radius 1 is 0.405 bits per heavy atom. The molecule has 11 aromatic carbocycles. The lowest BCUT2D eigenvalue weighted by Gasteiger charge is -2.46. The molecule has 2 aliphatic carbocycles. The molecule has 5 atom stereocenters. The number of hydrogen-bond acceptors (Lipinski definition) is 4. The number of piperidine rings is 1. The lowest BCUT2D eigenvalue weighted by atomic mass is 9.31. The third-order valence-electron chi connectivity index (χ3n) is 20.2.